The van der Waals surface area contributed by atoms with E-state index in [2.05, 4.69) is 5.32 Å². The van der Waals surface area contributed by atoms with E-state index in [0.717, 1.165) is 31.4 Å². The molecule has 0 atom stereocenters. The molecule has 3 aliphatic rings. The highest BCUT2D eigenvalue weighted by Crippen LogP contribution is 2.39. The van der Waals surface area contributed by atoms with Crippen LogP contribution in [0, 0.1) is 11.8 Å². The third-order valence-corrected chi connectivity index (χ3v) is 5.53. The topological polar surface area (TPSA) is 77.1 Å². The number of carbonyl (C=O) groups excluding carboxylic acids is 2. The Bertz CT molecular complexity index is 696. The van der Waals surface area contributed by atoms with Crippen LogP contribution >= 0.6 is 0 Å². The molecular weight excluding hydrogens is 348 g/mol. The van der Waals surface area contributed by atoms with Crippen LogP contribution in [0.25, 0.3) is 0 Å². The minimum Gasteiger partial charge on any atom is -0.487 e. The Hall–Kier alpha value is -2.12. The Balaban J connectivity index is 1.52. The Morgan fingerprint density at radius 1 is 0.926 bits per heavy atom. The highest BCUT2D eigenvalue weighted by Gasteiger charge is 2.32. The maximum absolute atomic E-state index is 13.0. The van der Waals surface area contributed by atoms with Crippen LogP contribution in [-0.4, -0.2) is 51.4 Å². The molecule has 1 aromatic rings. The van der Waals surface area contributed by atoms with Gasteiger partial charge in [0.25, 0.3) is 0 Å². The molecular formula is C20H26N2O5. The number of para-hydroxylation sites is 1. The highest BCUT2D eigenvalue weighted by atomic mass is 16.5. The van der Waals surface area contributed by atoms with Gasteiger partial charge in [0.2, 0.25) is 11.8 Å². The van der Waals surface area contributed by atoms with Crippen LogP contribution < -0.4 is 15.0 Å². The van der Waals surface area contributed by atoms with E-state index >= 15 is 0 Å². The summed E-state index contributed by atoms with van der Waals surface area (Å²) >= 11 is 0. The summed E-state index contributed by atoms with van der Waals surface area (Å²) in [6.45, 7) is 3.46. The fourth-order valence-electron chi connectivity index (χ4n) is 3.94. The van der Waals surface area contributed by atoms with Gasteiger partial charge < -0.3 is 24.4 Å². The molecule has 7 nitrogen and oxygen atoms in total. The molecule has 0 aliphatic carbocycles. The lowest BCUT2D eigenvalue weighted by Crippen LogP contribution is -2.43. The molecule has 3 aliphatic heterocycles. The normalized spacial score (nSPS) is 21.3. The number of nitrogens with one attached hydrogen (secondary N) is 1. The number of fused-ring (bicyclic) bond motifs is 1. The van der Waals surface area contributed by atoms with Gasteiger partial charge in [0, 0.05) is 38.3 Å². The predicted octanol–water partition coefficient (Wildman–Crippen LogP) is 2.20. The van der Waals surface area contributed by atoms with Crippen LogP contribution in [0.4, 0.5) is 11.4 Å². The standard InChI is InChI=1S/C20H26N2O5/c23-19(14-4-9-25-10-5-14)21-16-2-1-3-17-18(16)27-13-8-22(17)20(24)15-6-11-26-12-7-15/h1-3,14-15H,4-13H2,(H,21,23). The molecule has 1 aromatic carbocycles. The van der Waals surface area contributed by atoms with Gasteiger partial charge in [0.05, 0.1) is 17.9 Å². The second-order valence-electron chi connectivity index (χ2n) is 7.25. The number of rotatable bonds is 3. The molecule has 0 radical (unpaired) electrons. The summed E-state index contributed by atoms with van der Waals surface area (Å²) in [5, 5.41) is 3.00. The fraction of sp³-hybridized carbons (Fsp3) is 0.600. The Labute approximate surface area is 158 Å². The molecule has 146 valence electrons. The quantitative estimate of drug-likeness (QED) is 0.878. The van der Waals surface area contributed by atoms with E-state index in [0.29, 0.717) is 51.0 Å². The Kier molecular flexibility index (Phi) is 5.59. The minimum absolute atomic E-state index is 0.00909. The summed E-state index contributed by atoms with van der Waals surface area (Å²) in [5.41, 5.74) is 1.37. The smallest absolute Gasteiger partial charge is 0.230 e. The van der Waals surface area contributed by atoms with E-state index in [9.17, 15) is 9.59 Å². The lowest BCUT2D eigenvalue weighted by Gasteiger charge is -2.34. The second kappa shape index (κ2) is 8.27. The number of benzene rings is 1. The van der Waals surface area contributed by atoms with Gasteiger partial charge in [0.1, 0.15) is 6.61 Å². The first-order valence-corrected chi connectivity index (χ1v) is 9.77. The van der Waals surface area contributed by atoms with Gasteiger partial charge in [-0.05, 0) is 37.8 Å². The van der Waals surface area contributed by atoms with Crippen molar-refractivity contribution in [3.8, 4) is 5.75 Å². The van der Waals surface area contributed by atoms with Gasteiger partial charge in [-0.3, -0.25) is 9.59 Å². The summed E-state index contributed by atoms with van der Waals surface area (Å²) in [4.78, 5) is 27.4. The van der Waals surface area contributed by atoms with Crippen LogP contribution in [-0.2, 0) is 19.1 Å². The van der Waals surface area contributed by atoms with Gasteiger partial charge in [0.15, 0.2) is 5.75 Å². The maximum atomic E-state index is 13.0. The molecule has 0 aromatic heterocycles. The minimum atomic E-state index is -0.0434. The van der Waals surface area contributed by atoms with Crippen molar-refractivity contribution in [3.05, 3.63) is 18.2 Å². The fourth-order valence-corrected chi connectivity index (χ4v) is 3.94. The van der Waals surface area contributed by atoms with E-state index in [1.807, 2.05) is 18.2 Å². The molecule has 0 unspecified atom stereocenters. The van der Waals surface area contributed by atoms with E-state index in [-0.39, 0.29) is 23.7 Å². The van der Waals surface area contributed by atoms with Crippen molar-refractivity contribution >= 4 is 23.2 Å². The van der Waals surface area contributed by atoms with Crippen molar-refractivity contribution in [1.29, 1.82) is 0 Å². The summed E-state index contributed by atoms with van der Waals surface area (Å²) in [6.07, 6.45) is 2.98. The predicted molar refractivity (Wildman–Crippen MR) is 100 cm³/mol. The summed E-state index contributed by atoms with van der Waals surface area (Å²) in [5.74, 6) is 0.645. The largest absolute Gasteiger partial charge is 0.487 e. The number of amides is 2. The van der Waals surface area contributed by atoms with E-state index in [1.54, 1.807) is 4.90 Å². The lowest BCUT2D eigenvalue weighted by atomic mass is 9.97. The zero-order valence-electron chi connectivity index (χ0n) is 15.4. The Morgan fingerprint density at radius 2 is 1.59 bits per heavy atom. The molecule has 4 rings (SSSR count). The molecule has 0 spiro atoms. The molecule has 1 N–H and O–H groups in total. The number of hydrogen-bond acceptors (Lipinski definition) is 5. The first kappa shape index (κ1) is 18.3. The zero-order valence-corrected chi connectivity index (χ0v) is 15.4. The van der Waals surface area contributed by atoms with Crippen LogP contribution in [0.2, 0.25) is 0 Å². The second-order valence-corrected chi connectivity index (χ2v) is 7.25. The van der Waals surface area contributed by atoms with Crippen molar-refractivity contribution in [2.24, 2.45) is 11.8 Å². The summed E-state index contributed by atoms with van der Waals surface area (Å²) < 4.78 is 16.6. The van der Waals surface area contributed by atoms with Gasteiger partial charge in [-0.1, -0.05) is 6.07 Å². The number of ether oxygens (including phenoxy) is 3. The van der Waals surface area contributed by atoms with Crippen LogP contribution in [0.15, 0.2) is 18.2 Å². The van der Waals surface area contributed by atoms with Crippen molar-refractivity contribution < 1.29 is 23.8 Å². The van der Waals surface area contributed by atoms with E-state index < -0.39 is 0 Å². The summed E-state index contributed by atoms with van der Waals surface area (Å²) in [7, 11) is 0. The van der Waals surface area contributed by atoms with Crippen molar-refractivity contribution in [3.63, 3.8) is 0 Å². The SMILES string of the molecule is O=C(Nc1cccc2c1OCCN2C(=O)C1CCOCC1)C1CCOCC1. The molecule has 2 saturated heterocycles. The highest BCUT2D eigenvalue weighted by molar-refractivity contribution is 6.00. The summed E-state index contributed by atoms with van der Waals surface area (Å²) in [6, 6.07) is 5.58. The monoisotopic (exact) mass is 374 g/mol. The van der Waals surface area contributed by atoms with Crippen LogP contribution in [0.1, 0.15) is 25.7 Å². The van der Waals surface area contributed by atoms with Gasteiger partial charge in [-0.25, -0.2) is 0 Å². The average molecular weight is 374 g/mol. The molecule has 7 heteroatoms. The molecule has 3 heterocycles. The molecule has 27 heavy (non-hydrogen) atoms. The zero-order chi connectivity index (χ0) is 18.6. The lowest BCUT2D eigenvalue weighted by molar-refractivity contribution is -0.125. The van der Waals surface area contributed by atoms with Gasteiger partial charge in [-0.15, -0.1) is 0 Å². The third kappa shape index (κ3) is 3.94. The van der Waals surface area contributed by atoms with Crippen molar-refractivity contribution in [2.45, 2.75) is 25.7 Å². The van der Waals surface area contributed by atoms with E-state index in [1.165, 1.54) is 0 Å². The molecule has 2 amide bonds. The first-order chi connectivity index (χ1) is 13.2. The maximum Gasteiger partial charge on any atom is 0.230 e. The van der Waals surface area contributed by atoms with Crippen LogP contribution in [0.5, 0.6) is 5.75 Å². The number of hydrogen-bond donors (Lipinski definition) is 1. The molecule has 0 saturated carbocycles. The molecule has 2 fully saturated rings. The first-order valence-electron chi connectivity index (χ1n) is 9.77. The third-order valence-electron chi connectivity index (χ3n) is 5.53. The van der Waals surface area contributed by atoms with Gasteiger partial charge >= 0.3 is 0 Å². The Morgan fingerprint density at radius 3 is 2.30 bits per heavy atom. The van der Waals surface area contributed by atoms with Gasteiger partial charge in [-0.2, -0.15) is 0 Å². The van der Waals surface area contributed by atoms with Crippen molar-refractivity contribution in [2.75, 3.05) is 49.8 Å². The number of carbonyl (C=O) groups is 2. The molecule has 0 bridgehead atoms. The van der Waals surface area contributed by atoms with Crippen LogP contribution in [0.3, 0.4) is 0 Å². The van der Waals surface area contributed by atoms with Crippen molar-refractivity contribution in [1.82, 2.24) is 0 Å². The number of nitrogens with zero attached hydrogens (tertiary/aromatic N) is 1. The van der Waals surface area contributed by atoms with E-state index in [4.69, 9.17) is 14.2 Å². The average Bonchev–Trinajstić information content (AvgIpc) is 2.74. The number of anilines is 2.